The third kappa shape index (κ3) is 5.34. The van der Waals surface area contributed by atoms with Gasteiger partial charge in [0.15, 0.2) is 0 Å². The minimum atomic E-state index is -4.63. The van der Waals surface area contributed by atoms with Gasteiger partial charge in [-0.15, -0.1) is 11.3 Å². The van der Waals surface area contributed by atoms with Crippen molar-refractivity contribution in [3.63, 3.8) is 0 Å². The van der Waals surface area contributed by atoms with Gasteiger partial charge in [0.2, 0.25) is 15.8 Å². The van der Waals surface area contributed by atoms with Gasteiger partial charge < -0.3 is 9.42 Å². The molecular formula is C17H22F3N3O3S2. The fourth-order valence-electron chi connectivity index (χ4n) is 3.20. The normalized spacial score (nSPS) is 19.2. The minimum absolute atomic E-state index is 0.0330. The second-order valence-corrected chi connectivity index (χ2v) is 10.1. The monoisotopic (exact) mass is 437 g/mol. The van der Waals surface area contributed by atoms with Gasteiger partial charge in [-0.05, 0) is 50.4 Å². The van der Waals surface area contributed by atoms with Gasteiger partial charge >= 0.3 is 6.18 Å². The van der Waals surface area contributed by atoms with Crippen LogP contribution in [-0.4, -0.2) is 44.7 Å². The molecule has 1 saturated heterocycles. The van der Waals surface area contributed by atoms with Crippen LogP contribution >= 0.6 is 11.3 Å². The lowest BCUT2D eigenvalue weighted by molar-refractivity contribution is -0.155. The largest absolute Gasteiger partial charge is 0.452 e. The summed E-state index contributed by atoms with van der Waals surface area (Å²) in [7, 11) is -3.71. The van der Waals surface area contributed by atoms with Gasteiger partial charge in [0.25, 0.3) is 0 Å². The van der Waals surface area contributed by atoms with Gasteiger partial charge in [-0.1, -0.05) is 12.1 Å². The highest BCUT2D eigenvalue weighted by atomic mass is 32.2. The molecule has 1 N–H and O–H groups in total. The molecule has 0 unspecified atom stereocenters. The summed E-state index contributed by atoms with van der Waals surface area (Å²) in [5.74, 6) is -0.546. The first kappa shape index (κ1) is 21.3. The van der Waals surface area contributed by atoms with Crippen LogP contribution in [0.2, 0.25) is 0 Å². The molecule has 0 amide bonds. The predicted octanol–water partition coefficient (Wildman–Crippen LogP) is 3.82. The fraction of sp³-hybridized carbons (Fsp3) is 0.588. The summed E-state index contributed by atoms with van der Waals surface area (Å²) >= 11 is 0.853. The van der Waals surface area contributed by atoms with E-state index < -0.39 is 22.0 Å². The molecule has 1 aliphatic heterocycles. The van der Waals surface area contributed by atoms with Crippen LogP contribution in [0.4, 0.5) is 13.2 Å². The number of likely N-dealkylation sites (tertiary alicyclic amines) is 1. The molecule has 0 aliphatic carbocycles. The van der Waals surface area contributed by atoms with E-state index >= 15 is 0 Å². The van der Waals surface area contributed by atoms with Crippen molar-refractivity contribution in [2.75, 3.05) is 26.2 Å². The standard InChI is InChI=1S/C17H22F3N3O3S2/c1-12-4-2-8-23(11-12)9-3-7-21-28(24,25)16-6-5-14(27-16)13-10-15(26-22-13)17(18,19)20/h5-6,10,12,21H,2-4,7-9,11H2,1H3/t12-/m0/s1. The van der Waals surface area contributed by atoms with E-state index in [-0.39, 0.29) is 9.90 Å². The van der Waals surface area contributed by atoms with Crippen molar-refractivity contribution in [2.24, 2.45) is 5.92 Å². The number of nitrogens with one attached hydrogen (secondary N) is 1. The number of hydrogen-bond donors (Lipinski definition) is 1. The smallest absolute Gasteiger partial charge is 0.351 e. The van der Waals surface area contributed by atoms with Crippen LogP contribution < -0.4 is 4.72 Å². The number of halogens is 3. The van der Waals surface area contributed by atoms with Crippen molar-refractivity contribution in [3.05, 3.63) is 24.0 Å². The average Bonchev–Trinajstić information content (AvgIpc) is 3.27. The van der Waals surface area contributed by atoms with Crippen LogP contribution in [0.25, 0.3) is 10.6 Å². The first-order valence-electron chi connectivity index (χ1n) is 9.01. The van der Waals surface area contributed by atoms with Crippen molar-refractivity contribution in [1.82, 2.24) is 14.8 Å². The SMILES string of the molecule is C[C@H]1CCCN(CCCNS(=O)(=O)c2ccc(-c3cc(C(F)(F)F)on3)s2)C1. The molecule has 3 heterocycles. The van der Waals surface area contributed by atoms with E-state index in [0.717, 1.165) is 37.0 Å². The fourth-order valence-corrected chi connectivity index (χ4v) is 5.57. The van der Waals surface area contributed by atoms with Crippen LogP contribution in [0, 0.1) is 5.92 Å². The van der Waals surface area contributed by atoms with Gasteiger partial charge in [0.1, 0.15) is 9.90 Å². The number of alkyl halides is 3. The lowest BCUT2D eigenvalue weighted by Crippen LogP contribution is -2.36. The molecule has 3 rings (SSSR count). The van der Waals surface area contributed by atoms with E-state index in [9.17, 15) is 21.6 Å². The van der Waals surface area contributed by atoms with Gasteiger partial charge in [-0.3, -0.25) is 0 Å². The molecule has 28 heavy (non-hydrogen) atoms. The average molecular weight is 438 g/mol. The Bertz CT molecular complexity index is 893. The van der Waals surface area contributed by atoms with Gasteiger partial charge in [0.05, 0.1) is 4.88 Å². The number of sulfonamides is 1. The molecule has 1 fully saturated rings. The minimum Gasteiger partial charge on any atom is -0.351 e. The summed E-state index contributed by atoms with van der Waals surface area (Å²) in [5, 5.41) is 3.38. The van der Waals surface area contributed by atoms with Crippen molar-refractivity contribution in [1.29, 1.82) is 0 Å². The molecule has 156 valence electrons. The Kier molecular flexibility index (Phi) is 6.47. The molecule has 0 radical (unpaired) electrons. The molecule has 0 bridgehead atoms. The Hall–Kier alpha value is -1.43. The molecule has 1 atom stereocenters. The molecule has 2 aromatic rings. The molecule has 6 nitrogen and oxygen atoms in total. The highest BCUT2D eigenvalue weighted by Crippen LogP contribution is 2.35. The number of nitrogens with zero attached hydrogens (tertiary/aromatic N) is 2. The Balaban J connectivity index is 1.55. The third-order valence-corrected chi connectivity index (χ3v) is 7.63. The van der Waals surface area contributed by atoms with E-state index in [1.807, 2.05) is 0 Å². The maximum absolute atomic E-state index is 12.6. The van der Waals surface area contributed by atoms with E-state index in [0.29, 0.717) is 23.8 Å². The Morgan fingerprint density at radius 1 is 1.39 bits per heavy atom. The maximum atomic E-state index is 12.6. The van der Waals surface area contributed by atoms with Crippen molar-refractivity contribution < 1.29 is 26.1 Å². The van der Waals surface area contributed by atoms with Crippen molar-refractivity contribution in [3.8, 4) is 10.6 Å². The lowest BCUT2D eigenvalue weighted by Gasteiger charge is -2.30. The summed E-state index contributed by atoms with van der Waals surface area (Å²) in [6, 6.07) is 3.54. The zero-order valence-corrected chi connectivity index (χ0v) is 17.0. The highest BCUT2D eigenvalue weighted by Gasteiger charge is 2.36. The van der Waals surface area contributed by atoms with E-state index in [1.54, 1.807) is 0 Å². The molecule has 0 aromatic carbocycles. The number of piperidine rings is 1. The second kappa shape index (κ2) is 8.52. The second-order valence-electron chi connectivity index (χ2n) is 6.99. The molecular weight excluding hydrogens is 415 g/mol. The molecule has 0 spiro atoms. The Morgan fingerprint density at radius 3 is 2.86 bits per heavy atom. The summed E-state index contributed by atoms with van der Waals surface area (Å²) in [6.07, 6.45) is -1.53. The molecule has 2 aromatic heterocycles. The van der Waals surface area contributed by atoms with Gasteiger partial charge in [0, 0.05) is 19.2 Å². The topological polar surface area (TPSA) is 75.4 Å². The number of hydrogen-bond acceptors (Lipinski definition) is 6. The number of rotatable bonds is 7. The first-order valence-corrected chi connectivity index (χ1v) is 11.3. The van der Waals surface area contributed by atoms with E-state index in [4.69, 9.17) is 0 Å². The van der Waals surface area contributed by atoms with Gasteiger partial charge in [-0.2, -0.15) is 13.2 Å². The summed E-state index contributed by atoms with van der Waals surface area (Å²) in [4.78, 5) is 2.64. The van der Waals surface area contributed by atoms with Crippen LogP contribution in [-0.2, 0) is 16.2 Å². The summed E-state index contributed by atoms with van der Waals surface area (Å²) in [5.41, 5.74) is -0.0435. The van der Waals surface area contributed by atoms with E-state index in [1.165, 1.54) is 25.0 Å². The van der Waals surface area contributed by atoms with Crippen LogP contribution in [0.5, 0.6) is 0 Å². The molecule has 1 aliphatic rings. The zero-order chi connectivity index (χ0) is 20.4. The Morgan fingerprint density at radius 2 is 2.18 bits per heavy atom. The van der Waals surface area contributed by atoms with Gasteiger partial charge in [-0.25, -0.2) is 13.1 Å². The number of thiophene rings is 1. The molecule has 0 saturated carbocycles. The Labute approximate surface area is 165 Å². The highest BCUT2D eigenvalue weighted by molar-refractivity contribution is 7.91. The van der Waals surface area contributed by atoms with Crippen LogP contribution in [0.3, 0.4) is 0 Å². The van der Waals surface area contributed by atoms with Crippen molar-refractivity contribution in [2.45, 2.75) is 36.6 Å². The van der Waals surface area contributed by atoms with E-state index in [2.05, 4.69) is 26.2 Å². The van der Waals surface area contributed by atoms with Crippen LogP contribution in [0.15, 0.2) is 26.9 Å². The quantitative estimate of drug-likeness (QED) is 0.667. The predicted molar refractivity (Wildman–Crippen MR) is 99.5 cm³/mol. The van der Waals surface area contributed by atoms with Crippen molar-refractivity contribution >= 4 is 21.4 Å². The summed E-state index contributed by atoms with van der Waals surface area (Å²) < 4.78 is 69.5. The van der Waals surface area contributed by atoms with Crippen LogP contribution in [0.1, 0.15) is 31.9 Å². The third-order valence-electron chi connectivity index (χ3n) is 4.57. The maximum Gasteiger partial charge on any atom is 0.452 e. The lowest BCUT2D eigenvalue weighted by atomic mass is 10.0. The number of aromatic nitrogens is 1. The summed E-state index contributed by atoms with van der Waals surface area (Å²) in [6.45, 7) is 5.45. The molecule has 11 heteroatoms. The first-order chi connectivity index (χ1) is 13.1. The zero-order valence-electron chi connectivity index (χ0n) is 15.3.